The summed E-state index contributed by atoms with van der Waals surface area (Å²) in [4.78, 5) is 117. The lowest BCUT2D eigenvalue weighted by atomic mass is 9.97. The predicted octanol–water partition coefficient (Wildman–Crippen LogP) is 2.74. The number of carbonyl (C=O) groups excluding carboxylic acids is 7. The third kappa shape index (κ3) is 15.7. The number of aliphatic carboxylic acids is 1. The van der Waals surface area contributed by atoms with Gasteiger partial charge in [-0.25, -0.2) is 5.21 Å². The number of carboxylic acid groups (broad SMARTS) is 1. The molecule has 75 heavy (non-hydrogen) atoms. The number of quaternary nitrogens is 1. The number of rotatable bonds is 16. The van der Waals surface area contributed by atoms with Crippen molar-refractivity contribution in [2.75, 3.05) is 14.1 Å². The van der Waals surface area contributed by atoms with Crippen molar-refractivity contribution in [1.82, 2.24) is 41.0 Å². The van der Waals surface area contributed by atoms with Gasteiger partial charge in [0.25, 0.3) is 0 Å². The summed E-state index contributed by atoms with van der Waals surface area (Å²) in [6.07, 6.45) is 6.12. The van der Waals surface area contributed by atoms with Crippen molar-refractivity contribution in [2.45, 2.75) is 149 Å². The number of nitrogens with zero attached hydrogens (tertiary/aromatic N) is 3. The smallest absolute Gasteiger partial charge is 0.306 e. The largest absolute Gasteiger partial charge is 0.595 e. The number of hydrogen-bond acceptors (Lipinski definition) is 11. The summed E-state index contributed by atoms with van der Waals surface area (Å²) in [7, 11) is 2.65. The fraction of sp³-hybridized carbons (Fsp3) is 0.519. The van der Waals surface area contributed by atoms with Gasteiger partial charge < -0.3 is 56.4 Å². The van der Waals surface area contributed by atoms with Crippen LogP contribution in [0, 0.1) is 23.0 Å². The Morgan fingerprint density at radius 3 is 1.89 bits per heavy atom. The number of fused-ring (bicyclic) bond motifs is 1. The number of phenolic OH excluding ortho intramolecular Hbond substituents is 1. The van der Waals surface area contributed by atoms with Gasteiger partial charge in [-0.05, 0) is 88.5 Å². The van der Waals surface area contributed by atoms with Gasteiger partial charge in [0.1, 0.15) is 42.3 Å². The average molecular weight is 1040 g/mol. The van der Waals surface area contributed by atoms with Crippen LogP contribution in [0.25, 0.3) is 10.9 Å². The van der Waals surface area contributed by atoms with Gasteiger partial charge in [-0.3, -0.25) is 38.4 Å². The van der Waals surface area contributed by atoms with Crippen molar-refractivity contribution in [2.24, 2.45) is 17.8 Å². The summed E-state index contributed by atoms with van der Waals surface area (Å²) < 4.78 is 2.00. The quantitative estimate of drug-likeness (QED) is 0.0569. The molecule has 1 unspecified atom stereocenters. The summed E-state index contributed by atoms with van der Waals surface area (Å²) in [5.41, 5.74) is 0.567. The zero-order valence-electron chi connectivity index (χ0n) is 44.9. The molecule has 0 saturated carbocycles. The Balaban J connectivity index is 1.98. The standard InChI is InChI=1S/C54H77N9O12/c1-13-15-19-37-46(65)59-40(28-35-29-62(54(9,10)14-2)41-20-17-16-18-36(35)41)52(71)61(12)43(24-31(5)6)49(68)58-39(26-34-21-22-45(64)42(27-34)63(74)75)47(66)55-33(8)51(70)60(11)44(25-32(7)53(72)73)50(69)57-38(23-30(3)4)48(67)56-37/h13-18,20-22,27,29-33,37-40,43-44,63-64,74H,2,19,23-26,28H2,1,3-12H3,(H,55,66)(H,56,67)(H,57,69)(H,58,68)(H,59,65)(H,72,73)/b15-13+/t32-,33-,37-,38-,39-,40-,43-,44-/m0/s1. The normalized spacial score (nSPS) is 23.3. The van der Waals surface area contributed by atoms with Gasteiger partial charge in [0, 0.05) is 50.1 Å². The van der Waals surface area contributed by atoms with Crippen molar-refractivity contribution in [3.05, 3.63) is 89.8 Å². The van der Waals surface area contributed by atoms with E-state index in [2.05, 4.69) is 33.2 Å². The Kier molecular flexibility index (Phi) is 21.3. The van der Waals surface area contributed by atoms with Crippen LogP contribution in [0.1, 0.15) is 99.1 Å². The number of amides is 7. The second-order valence-corrected chi connectivity index (χ2v) is 20.9. The zero-order valence-corrected chi connectivity index (χ0v) is 44.9. The minimum absolute atomic E-state index is 0.0480. The van der Waals surface area contributed by atoms with E-state index in [9.17, 15) is 54.2 Å². The monoisotopic (exact) mass is 1040 g/mol. The first-order chi connectivity index (χ1) is 35.1. The van der Waals surface area contributed by atoms with Crippen LogP contribution < -0.4 is 31.8 Å². The van der Waals surface area contributed by atoms with Gasteiger partial charge in [0.05, 0.1) is 11.5 Å². The first-order valence-corrected chi connectivity index (χ1v) is 25.3. The minimum Gasteiger partial charge on any atom is -0.595 e. The van der Waals surface area contributed by atoms with E-state index in [1.165, 1.54) is 38.9 Å². The van der Waals surface area contributed by atoms with E-state index in [1.807, 2.05) is 62.7 Å². The molecule has 0 bridgehead atoms. The number of hydrogen-bond donors (Lipinski definition) is 9. The first-order valence-electron chi connectivity index (χ1n) is 25.3. The highest BCUT2D eigenvalue weighted by molar-refractivity contribution is 5.99. The number of nitrogens with one attached hydrogen (secondary N) is 6. The van der Waals surface area contributed by atoms with Gasteiger partial charge in [0.15, 0.2) is 5.75 Å². The lowest BCUT2D eigenvalue weighted by molar-refractivity contribution is -0.991. The number of aromatic nitrogens is 1. The van der Waals surface area contributed by atoms with E-state index in [4.69, 9.17) is 0 Å². The lowest BCUT2D eigenvalue weighted by Crippen LogP contribution is -2.99. The Bertz CT molecular complexity index is 2610. The molecular formula is C54H77N9O12. The Morgan fingerprint density at radius 2 is 1.31 bits per heavy atom. The maximum Gasteiger partial charge on any atom is 0.306 e. The summed E-state index contributed by atoms with van der Waals surface area (Å²) in [5, 5.41) is 55.1. The second kappa shape index (κ2) is 26.4. The van der Waals surface area contributed by atoms with Crippen LogP contribution in [0.2, 0.25) is 0 Å². The van der Waals surface area contributed by atoms with Crippen molar-refractivity contribution in [1.29, 1.82) is 0 Å². The number of para-hydroxylation sites is 1. The van der Waals surface area contributed by atoms with E-state index >= 15 is 4.79 Å². The molecule has 0 spiro atoms. The highest BCUT2D eigenvalue weighted by Crippen LogP contribution is 2.30. The van der Waals surface area contributed by atoms with Crippen LogP contribution in [-0.4, -0.2) is 133 Å². The molecule has 9 N–H and O–H groups in total. The lowest BCUT2D eigenvalue weighted by Gasteiger charge is -2.33. The fourth-order valence-corrected chi connectivity index (χ4v) is 9.02. The molecule has 21 nitrogen and oxygen atoms in total. The Labute approximate surface area is 438 Å². The van der Waals surface area contributed by atoms with Crippen LogP contribution in [-0.2, 0) is 56.7 Å². The summed E-state index contributed by atoms with van der Waals surface area (Å²) in [6, 6.07) is 1.31. The van der Waals surface area contributed by atoms with Crippen molar-refractivity contribution in [3.8, 4) is 5.75 Å². The topological polar surface area (TPSA) is 296 Å². The Morgan fingerprint density at radius 1 is 0.760 bits per heavy atom. The molecule has 4 rings (SSSR count). The molecule has 1 aromatic heterocycles. The number of allylic oxidation sites excluding steroid dienone is 2. The molecule has 3 aromatic rings. The number of benzene rings is 2. The number of phenols is 1. The fourth-order valence-electron chi connectivity index (χ4n) is 9.02. The predicted molar refractivity (Wildman–Crippen MR) is 281 cm³/mol. The van der Waals surface area contributed by atoms with E-state index in [0.717, 1.165) is 27.9 Å². The van der Waals surface area contributed by atoms with Crippen LogP contribution in [0.5, 0.6) is 5.75 Å². The van der Waals surface area contributed by atoms with Crippen molar-refractivity contribution in [3.63, 3.8) is 0 Å². The van der Waals surface area contributed by atoms with Crippen LogP contribution >= 0.6 is 0 Å². The van der Waals surface area contributed by atoms with E-state index < -0.39 is 124 Å². The van der Waals surface area contributed by atoms with Crippen molar-refractivity contribution >= 4 is 63.9 Å². The third-order valence-electron chi connectivity index (χ3n) is 13.6. The van der Waals surface area contributed by atoms with Crippen molar-refractivity contribution < 1.29 is 59.0 Å². The molecule has 1 aliphatic rings. The SMILES string of the molecule is C=CC(C)(C)n1cc(C[C@@H]2NC(=O)[C@H](C/C=C/C)NC(=O)[C@H](CC(C)C)NC(=O)[C@H](C[C@H](C)C(=O)O)N(C)C(=O)[C@H](C)NC(=O)[C@H](Cc3ccc(O)c([NH+]([O-])O)c3)NC(=O)[C@H](CC(C)C)N(C)C2=O)c2ccccc21. The molecule has 0 radical (unpaired) electrons. The van der Waals surface area contributed by atoms with E-state index in [0.29, 0.717) is 5.56 Å². The molecule has 1 saturated heterocycles. The highest BCUT2D eigenvalue weighted by Gasteiger charge is 2.40. The van der Waals surface area contributed by atoms with Gasteiger partial charge in [-0.2, -0.15) is 5.23 Å². The molecular weight excluding hydrogens is 967 g/mol. The third-order valence-corrected chi connectivity index (χ3v) is 13.6. The van der Waals surface area contributed by atoms with E-state index in [-0.39, 0.29) is 49.5 Å². The summed E-state index contributed by atoms with van der Waals surface area (Å²) in [6.45, 7) is 19.6. The maximum atomic E-state index is 15.3. The zero-order chi connectivity index (χ0) is 56.2. The van der Waals surface area contributed by atoms with Crippen LogP contribution in [0.3, 0.4) is 0 Å². The molecule has 2 aromatic carbocycles. The van der Waals surface area contributed by atoms with Gasteiger partial charge in [-0.15, -0.1) is 6.58 Å². The summed E-state index contributed by atoms with van der Waals surface area (Å²) in [5.74, 6) is -9.20. The second-order valence-electron chi connectivity index (χ2n) is 20.9. The molecule has 7 amide bonds. The average Bonchev–Trinajstić information content (AvgIpc) is 3.73. The summed E-state index contributed by atoms with van der Waals surface area (Å²) >= 11 is 0. The molecule has 9 atom stereocenters. The molecule has 1 aliphatic heterocycles. The van der Waals surface area contributed by atoms with Crippen LogP contribution in [0.4, 0.5) is 5.69 Å². The minimum atomic E-state index is -1.56. The molecule has 0 aliphatic carbocycles. The number of carboxylic acids is 1. The molecule has 21 heteroatoms. The van der Waals surface area contributed by atoms with Gasteiger partial charge in [0.2, 0.25) is 47.0 Å². The number of aromatic hydroxyl groups is 1. The first kappa shape index (κ1) is 60.5. The Hall–Kier alpha value is -7.10. The number of carbonyl (C=O) groups is 8. The molecule has 1 fully saturated rings. The van der Waals surface area contributed by atoms with Gasteiger partial charge >= 0.3 is 5.97 Å². The van der Waals surface area contributed by atoms with E-state index in [1.54, 1.807) is 39.0 Å². The molecule has 2 heterocycles. The highest BCUT2D eigenvalue weighted by atomic mass is 16.8. The molecule has 410 valence electrons. The van der Waals surface area contributed by atoms with Crippen LogP contribution in [0.15, 0.2) is 73.5 Å². The number of likely N-dealkylation sites (N-methyl/N-ethyl adjacent to an activating group) is 2. The van der Waals surface area contributed by atoms with Gasteiger partial charge in [-0.1, -0.05) is 77.1 Å². The maximum absolute atomic E-state index is 15.3.